The molecular weight excluding hydrogens is 789 g/mol. The van der Waals surface area contributed by atoms with Gasteiger partial charge in [-0.05, 0) is 99.1 Å². The van der Waals surface area contributed by atoms with Gasteiger partial charge >= 0.3 is 0 Å². The Bertz CT molecular complexity index is 4160. The van der Waals surface area contributed by atoms with Gasteiger partial charge in [0, 0.05) is 60.2 Å². The normalized spacial score (nSPS) is 13.2. The van der Waals surface area contributed by atoms with Crippen LogP contribution in [0.3, 0.4) is 0 Å². The summed E-state index contributed by atoms with van der Waals surface area (Å²) in [6.07, 6.45) is 0. The molecular formula is C61H40N4. The molecule has 0 aliphatic heterocycles. The van der Waals surface area contributed by atoms with Gasteiger partial charge in [-0.2, -0.15) is 0 Å². The van der Waals surface area contributed by atoms with Crippen molar-refractivity contribution in [1.29, 1.82) is 0 Å². The predicted octanol–water partition coefficient (Wildman–Crippen LogP) is 15.8. The number of nitrogens with zero attached hydrogens (tertiary/aromatic N) is 4. The van der Waals surface area contributed by atoms with E-state index in [0.29, 0.717) is 5.82 Å². The van der Waals surface area contributed by atoms with Crippen molar-refractivity contribution in [2.45, 2.75) is 19.3 Å². The first-order chi connectivity index (χ1) is 32.0. The van der Waals surface area contributed by atoms with Crippen LogP contribution < -0.4 is 0 Å². The van der Waals surface area contributed by atoms with Crippen LogP contribution in [0.5, 0.6) is 0 Å². The lowest BCUT2D eigenvalue weighted by molar-refractivity contribution is 0.660. The minimum atomic E-state index is -0.114. The van der Waals surface area contributed by atoms with E-state index in [-0.39, 0.29) is 5.41 Å². The van der Waals surface area contributed by atoms with Crippen LogP contribution in [0.25, 0.3) is 121 Å². The van der Waals surface area contributed by atoms with Crippen molar-refractivity contribution in [2.75, 3.05) is 0 Å². The van der Waals surface area contributed by atoms with Crippen molar-refractivity contribution < 1.29 is 0 Å². The van der Waals surface area contributed by atoms with Crippen LogP contribution in [0.15, 0.2) is 206 Å². The second-order valence-corrected chi connectivity index (χ2v) is 18.2. The first-order valence-electron chi connectivity index (χ1n) is 22.5. The highest BCUT2D eigenvalue weighted by Gasteiger charge is 2.35. The summed E-state index contributed by atoms with van der Waals surface area (Å²) in [7, 11) is 0. The van der Waals surface area contributed by atoms with Gasteiger partial charge in [0.25, 0.3) is 0 Å². The topological polar surface area (TPSA) is 35.6 Å². The molecule has 10 aromatic carbocycles. The van der Waals surface area contributed by atoms with Crippen LogP contribution in [-0.4, -0.2) is 19.1 Å². The molecule has 14 rings (SSSR count). The fourth-order valence-corrected chi connectivity index (χ4v) is 11.2. The van der Waals surface area contributed by atoms with E-state index in [0.717, 1.165) is 50.1 Å². The highest BCUT2D eigenvalue weighted by molar-refractivity contribution is 6.19. The van der Waals surface area contributed by atoms with Gasteiger partial charge in [0.2, 0.25) is 0 Å². The molecule has 0 fully saturated rings. The number of aromatic nitrogens is 4. The molecule has 65 heavy (non-hydrogen) atoms. The van der Waals surface area contributed by atoms with Crippen LogP contribution >= 0.6 is 0 Å². The van der Waals surface area contributed by atoms with Gasteiger partial charge in [-0.25, -0.2) is 9.97 Å². The first kappa shape index (κ1) is 36.2. The monoisotopic (exact) mass is 828 g/mol. The summed E-state index contributed by atoms with van der Waals surface area (Å²) in [6.45, 7) is 4.67. The average molecular weight is 829 g/mol. The van der Waals surface area contributed by atoms with Gasteiger partial charge < -0.3 is 9.13 Å². The molecule has 3 aromatic heterocycles. The molecule has 0 saturated carbocycles. The molecule has 3 heterocycles. The van der Waals surface area contributed by atoms with Gasteiger partial charge in [-0.15, -0.1) is 0 Å². The van der Waals surface area contributed by atoms with Crippen LogP contribution in [-0.2, 0) is 5.41 Å². The zero-order valence-corrected chi connectivity index (χ0v) is 35.9. The summed E-state index contributed by atoms with van der Waals surface area (Å²) in [5.74, 6) is 0.707. The van der Waals surface area contributed by atoms with Crippen LogP contribution in [0.1, 0.15) is 25.0 Å². The van der Waals surface area contributed by atoms with Gasteiger partial charge in [-0.1, -0.05) is 159 Å². The van der Waals surface area contributed by atoms with Crippen molar-refractivity contribution in [3.63, 3.8) is 0 Å². The Morgan fingerprint density at radius 2 is 1.06 bits per heavy atom. The molecule has 0 unspecified atom stereocenters. The summed E-state index contributed by atoms with van der Waals surface area (Å²) < 4.78 is 4.87. The zero-order valence-electron chi connectivity index (χ0n) is 35.9. The third kappa shape index (κ3) is 5.19. The Kier molecular flexibility index (Phi) is 7.42. The van der Waals surface area contributed by atoms with E-state index in [4.69, 9.17) is 9.97 Å². The minimum absolute atomic E-state index is 0.114. The Labute approximate surface area is 375 Å². The first-order valence-corrected chi connectivity index (χ1v) is 22.5. The van der Waals surface area contributed by atoms with E-state index < -0.39 is 0 Å². The third-order valence-corrected chi connectivity index (χ3v) is 14.3. The van der Waals surface area contributed by atoms with Crippen LogP contribution in [0.2, 0.25) is 0 Å². The van der Waals surface area contributed by atoms with E-state index in [2.05, 4.69) is 229 Å². The van der Waals surface area contributed by atoms with Crippen LogP contribution in [0, 0.1) is 0 Å². The van der Waals surface area contributed by atoms with E-state index in [9.17, 15) is 0 Å². The summed E-state index contributed by atoms with van der Waals surface area (Å²) >= 11 is 0. The summed E-state index contributed by atoms with van der Waals surface area (Å²) in [6, 6.07) is 75.4. The summed E-state index contributed by atoms with van der Waals surface area (Å²) in [4.78, 5) is 10.7. The second kappa shape index (κ2) is 13.3. The lowest BCUT2D eigenvalue weighted by atomic mass is 9.82. The van der Waals surface area contributed by atoms with E-state index in [1.807, 2.05) is 0 Å². The Morgan fingerprint density at radius 1 is 0.369 bits per heavy atom. The van der Waals surface area contributed by atoms with Gasteiger partial charge in [-0.3, -0.25) is 0 Å². The fraction of sp³-hybridized carbons (Fsp3) is 0.0492. The SMILES string of the molecule is CC1(C)c2ccccc2-c2ccc(-c3nc(-c4cccc(-n5c6ccccc6c6cc7ccc(-n8c9ccccc9c9ccc%10ccccc%10c98)cc7cc65)c4)nc4ccccc34)cc21. The number of rotatable bonds is 4. The van der Waals surface area contributed by atoms with Crippen LogP contribution in [0.4, 0.5) is 0 Å². The molecule has 0 radical (unpaired) electrons. The molecule has 4 heteroatoms. The molecule has 0 atom stereocenters. The maximum absolute atomic E-state index is 5.43. The van der Waals surface area contributed by atoms with Crippen molar-refractivity contribution >= 4 is 76.1 Å². The van der Waals surface area contributed by atoms with Crippen molar-refractivity contribution in [3.05, 3.63) is 217 Å². The summed E-state index contributed by atoms with van der Waals surface area (Å²) in [5.41, 5.74) is 16.1. The number of hydrogen-bond donors (Lipinski definition) is 0. The molecule has 304 valence electrons. The van der Waals surface area contributed by atoms with Gasteiger partial charge in [0.1, 0.15) is 0 Å². The molecule has 4 nitrogen and oxygen atoms in total. The minimum Gasteiger partial charge on any atom is -0.309 e. The number of hydrogen-bond acceptors (Lipinski definition) is 2. The van der Waals surface area contributed by atoms with Gasteiger partial charge in [0.15, 0.2) is 5.82 Å². The van der Waals surface area contributed by atoms with E-state index in [1.54, 1.807) is 0 Å². The van der Waals surface area contributed by atoms with Crippen molar-refractivity contribution in [1.82, 2.24) is 19.1 Å². The molecule has 0 bridgehead atoms. The standard InChI is InChI=1S/C61H40N4/c1-61(2)52-22-9-5-18-45(52)46-30-28-39(35-53(46)61)58-50-21-6-10-23-54(50)62-60(63-58)40-15-13-16-42(32-40)64-55-24-11-8-20-48(55)51-34-38-26-29-43(33-41(38)36-57(51)64)65-56-25-12-7-19-47(56)49-31-27-37-14-3-4-17-44(37)59(49)65/h3-36H,1-2H3. The quantitative estimate of drug-likeness (QED) is 0.177. The molecule has 0 N–H and O–H groups in total. The second-order valence-electron chi connectivity index (χ2n) is 18.2. The highest BCUT2D eigenvalue weighted by atomic mass is 15.0. The molecule has 0 amide bonds. The summed E-state index contributed by atoms with van der Waals surface area (Å²) in [5, 5.41) is 10.9. The lowest BCUT2D eigenvalue weighted by Gasteiger charge is -2.22. The zero-order chi connectivity index (χ0) is 43.0. The number of benzene rings is 10. The lowest BCUT2D eigenvalue weighted by Crippen LogP contribution is -2.15. The number of fused-ring (bicyclic) bond motifs is 13. The smallest absolute Gasteiger partial charge is 0.160 e. The van der Waals surface area contributed by atoms with Crippen molar-refractivity contribution in [3.8, 4) is 45.1 Å². The Hall–Kier alpha value is -8.34. The Balaban J connectivity index is 0.941. The molecule has 0 spiro atoms. The number of para-hydroxylation sites is 3. The largest absolute Gasteiger partial charge is 0.309 e. The van der Waals surface area contributed by atoms with Crippen molar-refractivity contribution in [2.24, 2.45) is 0 Å². The van der Waals surface area contributed by atoms with Gasteiger partial charge in [0.05, 0.1) is 33.3 Å². The van der Waals surface area contributed by atoms with E-state index >= 15 is 0 Å². The maximum Gasteiger partial charge on any atom is 0.160 e. The highest BCUT2D eigenvalue weighted by Crippen LogP contribution is 2.50. The molecule has 0 saturated heterocycles. The van der Waals surface area contributed by atoms with E-state index in [1.165, 1.54) is 76.4 Å². The average Bonchev–Trinajstić information content (AvgIpc) is 3.95. The molecule has 1 aliphatic rings. The predicted molar refractivity (Wildman–Crippen MR) is 272 cm³/mol. The third-order valence-electron chi connectivity index (χ3n) is 14.3. The fourth-order valence-electron chi connectivity index (χ4n) is 11.2. The molecule has 1 aliphatic carbocycles. The maximum atomic E-state index is 5.43. The molecule has 13 aromatic rings. The Morgan fingerprint density at radius 3 is 1.94 bits per heavy atom.